The highest BCUT2D eigenvalue weighted by Crippen LogP contribution is 2.29. The molecule has 0 heterocycles. The van der Waals surface area contributed by atoms with Crippen LogP contribution in [0.2, 0.25) is 0 Å². The first-order valence-corrected chi connectivity index (χ1v) is 12.4. The lowest BCUT2D eigenvalue weighted by molar-refractivity contribution is -0.383. The van der Waals surface area contributed by atoms with Crippen molar-refractivity contribution in [2.24, 2.45) is 0 Å². The van der Waals surface area contributed by atoms with E-state index >= 15 is 0 Å². The third-order valence-corrected chi connectivity index (χ3v) is 5.69. The van der Waals surface area contributed by atoms with Crippen molar-refractivity contribution in [3.63, 3.8) is 0 Å². The summed E-state index contributed by atoms with van der Waals surface area (Å²) in [6.45, 7) is 5.74. The monoisotopic (exact) mass is 549 g/mol. The van der Waals surface area contributed by atoms with Crippen molar-refractivity contribution in [2.75, 3.05) is 24.4 Å². The van der Waals surface area contributed by atoms with E-state index in [1.165, 1.54) is 30.9 Å². The molecule has 0 saturated carbocycles. The smallest absolute Gasteiger partial charge is 0.306 e. The molecule has 3 aromatic rings. The minimum Gasteiger partial charge on any atom is -0.497 e. The molecule has 2 N–H and O–H groups in total. The maximum Gasteiger partial charge on any atom is 0.306 e. The van der Waals surface area contributed by atoms with Gasteiger partial charge in [0.25, 0.3) is 11.6 Å². The lowest BCUT2D eigenvalue weighted by atomic mass is 9.87. The summed E-state index contributed by atoms with van der Waals surface area (Å²) in [5.74, 6) is -0.369. The van der Waals surface area contributed by atoms with E-state index in [1.54, 1.807) is 24.3 Å². The zero-order valence-electron chi connectivity index (χ0n) is 22.7. The Morgan fingerprint density at radius 2 is 1.43 bits per heavy atom. The molecule has 40 heavy (non-hydrogen) atoms. The highest BCUT2D eigenvalue weighted by atomic mass is 16.6. The molecule has 11 heteroatoms. The molecule has 210 valence electrons. The van der Waals surface area contributed by atoms with Crippen LogP contribution in [0, 0.1) is 10.1 Å². The highest BCUT2D eigenvalue weighted by molar-refractivity contribution is 5.96. The van der Waals surface area contributed by atoms with Gasteiger partial charge in [-0.3, -0.25) is 24.5 Å². The fourth-order valence-electron chi connectivity index (χ4n) is 3.51. The van der Waals surface area contributed by atoms with Crippen molar-refractivity contribution in [1.29, 1.82) is 0 Å². The highest BCUT2D eigenvalue weighted by Gasteiger charge is 2.18. The van der Waals surface area contributed by atoms with Crippen LogP contribution in [0.3, 0.4) is 0 Å². The molecule has 0 radical (unpaired) electrons. The average Bonchev–Trinajstić information content (AvgIpc) is 2.91. The number of hydrogen-bond acceptors (Lipinski definition) is 8. The first-order valence-electron chi connectivity index (χ1n) is 12.4. The quantitative estimate of drug-likeness (QED) is 0.179. The minimum absolute atomic E-state index is 0.0481. The van der Waals surface area contributed by atoms with Gasteiger partial charge < -0.3 is 24.8 Å². The second-order valence-electron chi connectivity index (χ2n) is 9.80. The van der Waals surface area contributed by atoms with Crippen LogP contribution >= 0.6 is 0 Å². The zero-order chi connectivity index (χ0) is 29.3. The number of ether oxygens (including phenoxy) is 3. The molecular formula is C29H31N3O8. The maximum absolute atomic E-state index is 12.2. The summed E-state index contributed by atoms with van der Waals surface area (Å²) in [6, 6.07) is 18.5. The van der Waals surface area contributed by atoms with E-state index in [0.29, 0.717) is 22.9 Å². The van der Waals surface area contributed by atoms with E-state index in [0.717, 1.165) is 0 Å². The minimum atomic E-state index is -0.776. The third-order valence-electron chi connectivity index (χ3n) is 5.69. The number of carbonyl (C=O) groups excluding carboxylic acids is 3. The largest absolute Gasteiger partial charge is 0.497 e. The zero-order valence-corrected chi connectivity index (χ0v) is 22.7. The van der Waals surface area contributed by atoms with Gasteiger partial charge in [-0.15, -0.1) is 0 Å². The third kappa shape index (κ3) is 8.83. The molecule has 0 spiro atoms. The van der Waals surface area contributed by atoms with Crippen LogP contribution in [0.25, 0.3) is 0 Å². The van der Waals surface area contributed by atoms with Gasteiger partial charge in [0.15, 0.2) is 6.61 Å². The van der Waals surface area contributed by atoms with Gasteiger partial charge in [0.05, 0.1) is 18.5 Å². The topological polar surface area (TPSA) is 146 Å². The summed E-state index contributed by atoms with van der Waals surface area (Å²) in [5, 5.41) is 16.2. The Bertz CT molecular complexity index is 1360. The van der Waals surface area contributed by atoms with Crippen LogP contribution in [-0.2, 0) is 24.5 Å². The number of nitrogens with one attached hydrogen (secondary N) is 2. The normalized spacial score (nSPS) is 10.8. The summed E-state index contributed by atoms with van der Waals surface area (Å²) in [4.78, 5) is 46.9. The van der Waals surface area contributed by atoms with Crippen molar-refractivity contribution in [3.8, 4) is 17.2 Å². The molecule has 0 unspecified atom stereocenters. The number of nitro benzene ring substituents is 1. The van der Waals surface area contributed by atoms with Crippen LogP contribution < -0.4 is 20.1 Å². The number of hydrogen-bond donors (Lipinski definition) is 2. The fourth-order valence-corrected chi connectivity index (χ4v) is 3.51. The molecule has 0 aliphatic heterocycles. The molecule has 3 rings (SSSR count). The summed E-state index contributed by atoms with van der Waals surface area (Å²) < 4.78 is 15.7. The Morgan fingerprint density at radius 3 is 2.00 bits per heavy atom. The Labute approximate surface area is 231 Å². The molecule has 0 aliphatic carbocycles. The first-order chi connectivity index (χ1) is 18.9. The summed E-state index contributed by atoms with van der Waals surface area (Å²) in [6.07, 6.45) is -0.426. The molecule has 0 saturated heterocycles. The molecule has 0 atom stereocenters. The first kappa shape index (κ1) is 29.6. The number of carbonyl (C=O) groups is 3. The molecule has 0 fully saturated rings. The van der Waals surface area contributed by atoms with E-state index in [-0.39, 0.29) is 29.6 Å². The number of benzene rings is 3. The number of methoxy groups -OCH3 is 1. The maximum atomic E-state index is 12.2. The Balaban J connectivity index is 1.41. The summed E-state index contributed by atoms with van der Waals surface area (Å²) >= 11 is 0. The number of rotatable bonds is 11. The number of amides is 2. The molecule has 0 bridgehead atoms. The van der Waals surface area contributed by atoms with E-state index in [4.69, 9.17) is 14.2 Å². The molecule has 3 aromatic carbocycles. The lowest BCUT2D eigenvalue weighted by Crippen LogP contribution is -2.22. The van der Waals surface area contributed by atoms with Gasteiger partial charge in [-0.25, -0.2) is 0 Å². The summed E-state index contributed by atoms with van der Waals surface area (Å²) in [7, 11) is 1.38. The predicted molar refractivity (Wildman–Crippen MR) is 149 cm³/mol. The number of nitrogens with zero attached hydrogens (tertiary/aromatic N) is 1. The van der Waals surface area contributed by atoms with Gasteiger partial charge in [-0.1, -0.05) is 32.9 Å². The molecule has 11 nitrogen and oxygen atoms in total. The van der Waals surface area contributed by atoms with Gasteiger partial charge in [0.2, 0.25) is 5.91 Å². The van der Waals surface area contributed by atoms with Gasteiger partial charge >= 0.3 is 5.97 Å². The number of nitro groups is 1. The van der Waals surface area contributed by atoms with Crippen molar-refractivity contribution in [3.05, 3.63) is 82.4 Å². The van der Waals surface area contributed by atoms with Gasteiger partial charge in [0, 0.05) is 24.2 Å². The van der Waals surface area contributed by atoms with Crippen LogP contribution in [0.15, 0.2) is 66.7 Å². The van der Waals surface area contributed by atoms with E-state index < -0.39 is 29.3 Å². The van der Waals surface area contributed by atoms with Crippen LogP contribution in [0.4, 0.5) is 17.1 Å². The van der Waals surface area contributed by atoms with E-state index in [1.807, 2.05) is 24.3 Å². The second kappa shape index (κ2) is 13.2. The van der Waals surface area contributed by atoms with Crippen LogP contribution in [0.1, 0.15) is 39.2 Å². The van der Waals surface area contributed by atoms with Crippen molar-refractivity contribution < 1.29 is 33.5 Å². The summed E-state index contributed by atoms with van der Waals surface area (Å²) in [5.41, 5.74) is 1.33. The van der Waals surface area contributed by atoms with Crippen LogP contribution in [0.5, 0.6) is 17.2 Å². The van der Waals surface area contributed by atoms with Crippen molar-refractivity contribution >= 4 is 34.8 Å². The SMILES string of the molecule is COc1ccc([N+](=O)[O-])c(NC(=O)COC(=O)CCC(=O)Nc2ccc(Oc3ccc(C(C)(C)C)cc3)cc2)c1. The Morgan fingerprint density at radius 1 is 0.825 bits per heavy atom. The van der Waals surface area contributed by atoms with Gasteiger partial charge in [-0.05, 0) is 53.4 Å². The fraction of sp³-hybridized carbons (Fsp3) is 0.276. The van der Waals surface area contributed by atoms with Crippen LogP contribution in [-0.4, -0.2) is 36.4 Å². The lowest BCUT2D eigenvalue weighted by Gasteiger charge is -2.19. The van der Waals surface area contributed by atoms with Gasteiger partial charge in [-0.2, -0.15) is 0 Å². The standard InChI is InChI=1S/C29H31N3O8/c1-29(2,3)19-5-9-21(10-6-19)40-22-11-7-20(8-12-22)30-26(33)15-16-28(35)39-18-27(34)31-24-17-23(38-4)13-14-25(24)32(36)37/h5-14,17H,15-16,18H2,1-4H3,(H,30,33)(H,31,34). The Hall–Kier alpha value is -4.93. The Kier molecular flexibility index (Phi) is 9.80. The molecule has 0 aliphatic rings. The number of esters is 1. The number of anilines is 2. The van der Waals surface area contributed by atoms with Crippen molar-refractivity contribution in [2.45, 2.75) is 39.0 Å². The van der Waals surface area contributed by atoms with Crippen molar-refractivity contribution in [1.82, 2.24) is 0 Å². The van der Waals surface area contributed by atoms with Gasteiger partial charge in [0.1, 0.15) is 22.9 Å². The predicted octanol–water partition coefficient (Wildman–Crippen LogP) is 5.59. The second-order valence-corrected chi connectivity index (χ2v) is 9.80. The molecule has 2 amide bonds. The van der Waals surface area contributed by atoms with E-state index in [2.05, 4.69) is 31.4 Å². The van der Waals surface area contributed by atoms with E-state index in [9.17, 15) is 24.5 Å². The average molecular weight is 550 g/mol. The molecular weight excluding hydrogens is 518 g/mol. The molecule has 0 aromatic heterocycles.